The summed E-state index contributed by atoms with van der Waals surface area (Å²) in [5.74, 6) is -0.214. The number of hydrogen-bond donors (Lipinski definition) is 1. The van der Waals surface area contributed by atoms with E-state index in [2.05, 4.69) is 15.2 Å². The molecule has 0 bridgehead atoms. The Labute approximate surface area is 120 Å². The smallest absolute Gasteiger partial charge is 0.325 e. The summed E-state index contributed by atoms with van der Waals surface area (Å²) >= 11 is 0. The number of rotatable bonds is 4. The Kier molecular flexibility index (Phi) is 4.60. The number of ether oxygens (including phenoxy) is 1. The van der Waals surface area contributed by atoms with E-state index in [1.807, 2.05) is 38.4 Å². The highest BCUT2D eigenvalue weighted by Crippen LogP contribution is 2.20. The number of aromatic nitrogens is 1. The molecule has 5 heteroatoms. The lowest BCUT2D eigenvalue weighted by atomic mass is 9.98. The number of hydrogen-bond acceptors (Lipinski definition) is 5. The Hall–Kier alpha value is -1.62. The molecule has 1 aliphatic heterocycles. The molecular weight excluding hydrogens is 254 g/mol. The first-order chi connectivity index (χ1) is 9.53. The van der Waals surface area contributed by atoms with Crippen LogP contribution in [0.1, 0.15) is 26.7 Å². The lowest BCUT2D eigenvalue weighted by molar-refractivity contribution is -0.147. The van der Waals surface area contributed by atoms with Crippen molar-refractivity contribution in [2.24, 2.45) is 0 Å². The molecule has 0 saturated carbocycles. The van der Waals surface area contributed by atoms with Crippen molar-refractivity contribution < 1.29 is 9.53 Å². The summed E-state index contributed by atoms with van der Waals surface area (Å²) in [7, 11) is 1.43. The van der Waals surface area contributed by atoms with Crippen LogP contribution in [0.2, 0.25) is 0 Å². The molecule has 0 radical (unpaired) electrons. The second-order valence-corrected chi connectivity index (χ2v) is 5.73. The van der Waals surface area contributed by atoms with Crippen LogP contribution in [0.3, 0.4) is 0 Å². The predicted octanol–water partition coefficient (Wildman–Crippen LogP) is 1.59. The summed E-state index contributed by atoms with van der Waals surface area (Å²) in [6, 6.07) is 4.42. The van der Waals surface area contributed by atoms with Crippen molar-refractivity contribution in [2.75, 3.05) is 25.1 Å². The zero-order valence-corrected chi connectivity index (χ0v) is 12.4. The number of piperidine rings is 1. The largest absolute Gasteiger partial charge is 0.468 e. The minimum Gasteiger partial charge on any atom is -0.468 e. The van der Waals surface area contributed by atoms with Crippen LogP contribution in [0, 0.1) is 0 Å². The molecule has 1 saturated heterocycles. The van der Waals surface area contributed by atoms with Gasteiger partial charge in [-0.25, -0.2) is 0 Å². The average Bonchev–Trinajstić information content (AvgIpc) is 2.47. The van der Waals surface area contributed by atoms with Gasteiger partial charge in [0.15, 0.2) is 0 Å². The quantitative estimate of drug-likeness (QED) is 0.847. The van der Waals surface area contributed by atoms with Crippen LogP contribution in [-0.4, -0.2) is 42.7 Å². The summed E-state index contributed by atoms with van der Waals surface area (Å²) < 4.78 is 4.83. The second-order valence-electron chi connectivity index (χ2n) is 5.73. The van der Waals surface area contributed by atoms with Crippen molar-refractivity contribution >= 4 is 11.7 Å². The van der Waals surface area contributed by atoms with E-state index >= 15 is 0 Å². The number of esters is 1. The topological polar surface area (TPSA) is 54.5 Å². The molecule has 1 aliphatic rings. The van der Waals surface area contributed by atoms with Gasteiger partial charge in [0.05, 0.1) is 7.11 Å². The van der Waals surface area contributed by atoms with Gasteiger partial charge in [-0.05, 0) is 38.8 Å². The van der Waals surface area contributed by atoms with E-state index in [0.29, 0.717) is 6.04 Å². The summed E-state index contributed by atoms with van der Waals surface area (Å²) in [4.78, 5) is 18.1. The van der Waals surface area contributed by atoms with E-state index < -0.39 is 5.54 Å². The van der Waals surface area contributed by atoms with Gasteiger partial charge in [-0.2, -0.15) is 0 Å². The van der Waals surface area contributed by atoms with E-state index in [-0.39, 0.29) is 5.97 Å². The summed E-state index contributed by atoms with van der Waals surface area (Å²) in [6.45, 7) is 5.71. The number of pyridine rings is 1. The third-order valence-corrected chi connectivity index (χ3v) is 3.78. The molecular formula is C15H23N3O2. The van der Waals surface area contributed by atoms with Crippen molar-refractivity contribution in [1.29, 1.82) is 0 Å². The van der Waals surface area contributed by atoms with Crippen LogP contribution < -0.4 is 10.2 Å². The van der Waals surface area contributed by atoms with Crippen molar-refractivity contribution in [3.8, 4) is 0 Å². The fourth-order valence-corrected chi connectivity index (χ4v) is 2.66. The second kappa shape index (κ2) is 6.22. The van der Waals surface area contributed by atoms with Crippen LogP contribution >= 0.6 is 0 Å². The Balaban J connectivity index is 1.87. The molecule has 0 spiro atoms. The molecule has 2 heterocycles. The third kappa shape index (κ3) is 3.48. The van der Waals surface area contributed by atoms with Gasteiger partial charge in [0, 0.05) is 37.2 Å². The minimum absolute atomic E-state index is 0.214. The number of nitrogens with one attached hydrogen (secondary N) is 1. The first-order valence-electron chi connectivity index (χ1n) is 7.04. The number of anilines is 1. The first kappa shape index (κ1) is 14.8. The molecule has 0 amide bonds. The van der Waals surface area contributed by atoms with Crippen LogP contribution in [0.25, 0.3) is 0 Å². The zero-order chi connectivity index (χ0) is 14.6. The molecule has 0 unspecified atom stereocenters. The van der Waals surface area contributed by atoms with Gasteiger partial charge in [-0.15, -0.1) is 0 Å². The monoisotopic (exact) mass is 277 g/mol. The van der Waals surface area contributed by atoms with Gasteiger partial charge in [0.25, 0.3) is 0 Å². The van der Waals surface area contributed by atoms with Crippen LogP contribution in [0.15, 0.2) is 24.5 Å². The summed E-state index contributed by atoms with van der Waals surface area (Å²) in [5.41, 5.74) is 0.587. The fourth-order valence-electron chi connectivity index (χ4n) is 2.66. The van der Waals surface area contributed by atoms with Gasteiger partial charge < -0.3 is 9.64 Å². The maximum absolute atomic E-state index is 11.7. The molecule has 0 atom stereocenters. The lowest BCUT2D eigenvalue weighted by Gasteiger charge is -2.37. The number of carbonyl (C=O) groups excluding carboxylic acids is 1. The van der Waals surface area contributed by atoms with Gasteiger partial charge in [-0.1, -0.05) is 0 Å². The minimum atomic E-state index is -0.627. The molecule has 1 fully saturated rings. The van der Waals surface area contributed by atoms with Gasteiger partial charge >= 0.3 is 5.97 Å². The SMILES string of the molecule is COC(=O)C(C)(C)NC1CCN(c2ccncc2)CC1. The Bertz CT molecular complexity index is 440. The fraction of sp³-hybridized carbons (Fsp3) is 0.600. The zero-order valence-electron chi connectivity index (χ0n) is 12.4. The highest BCUT2D eigenvalue weighted by Gasteiger charge is 2.32. The van der Waals surface area contributed by atoms with Crippen LogP contribution in [0.4, 0.5) is 5.69 Å². The van der Waals surface area contributed by atoms with Gasteiger partial charge in [0.2, 0.25) is 0 Å². The van der Waals surface area contributed by atoms with E-state index in [4.69, 9.17) is 4.74 Å². The van der Waals surface area contributed by atoms with Gasteiger partial charge in [0.1, 0.15) is 5.54 Å². The molecule has 2 rings (SSSR count). The van der Waals surface area contributed by atoms with Crippen molar-refractivity contribution in [3.05, 3.63) is 24.5 Å². The maximum Gasteiger partial charge on any atom is 0.325 e. The Morgan fingerprint density at radius 2 is 1.95 bits per heavy atom. The van der Waals surface area contributed by atoms with Crippen LogP contribution in [-0.2, 0) is 9.53 Å². The van der Waals surface area contributed by atoms with E-state index in [1.54, 1.807) is 0 Å². The lowest BCUT2D eigenvalue weighted by Crippen LogP contribution is -2.55. The molecule has 0 aliphatic carbocycles. The highest BCUT2D eigenvalue weighted by atomic mass is 16.5. The predicted molar refractivity (Wildman–Crippen MR) is 78.7 cm³/mol. The molecule has 0 aromatic carbocycles. The maximum atomic E-state index is 11.7. The molecule has 1 aromatic heterocycles. The van der Waals surface area contributed by atoms with Crippen LogP contribution in [0.5, 0.6) is 0 Å². The normalized spacial score (nSPS) is 17.1. The molecule has 20 heavy (non-hydrogen) atoms. The van der Waals surface area contributed by atoms with Gasteiger partial charge in [-0.3, -0.25) is 15.1 Å². The van der Waals surface area contributed by atoms with Crippen molar-refractivity contribution in [1.82, 2.24) is 10.3 Å². The van der Waals surface area contributed by atoms with E-state index in [0.717, 1.165) is 25.9 Å². The summed E-state index contributed by atoms with van der Waals surface area (Å²) in [6.07, 6.45) is 5.67. The number of nitrogens with zero attached hydrogens (tertiary/aromatic N) is 2. The molecule has 1 N–H and O–H groups in total. The van der Waals surface area contributed by atoms with Crippen molar-refractivity contribution in [3.63, 3.8) is 0 Å². The molecule has 5 nitrogen and oxygen atoms in total. The molecule has 1 aromatic rings. The first-order valence-corrected chi connectivity index (χ1v) is 7.04. The average molecular weight is 277 g/mol. The molecule has 110 valence electrons. The Morgan fingerprint density at radius 1 is 1.35 bits per heavy atom. The summed E-state index contributed by atoms with van der Waals surface area (Å²) in [5, 5.41) is 3.40. The third-order valence-electron chi connectivity index (χ3n) is 3.78. The highest BCUT2D eigenvalue weighted by molar-refractivity contribution is 5.79. The van der Waals surface area contributed by atoms with Crippen molar-refractivity contribution in [2.45, 2.75) is 38.3 Å². The number of carbonyl (C=O) groups is 1. The standard InChI is InChI=1S/C15H23N3O2/c1-15(2,14(19)20-3)17-12-6-10-18(11-7-12)13-4-8-16-9-5-13/h4-5,8-9,12,17H,6-7,10-11H2,1-3H3. The van der Waals surface area contributed by atoms with E-state index in [1.165, 1.54) is 12.8 Å². The van der Waals surface area contributed by atoms with E-state index in [9.17, 15) is 4.79 Å². The Morgan fingerprint density at radius 3 is 2.50 bits per heavy atom. The number of methoxy groups -OCH3 is 1.